The number of nitrogens with one attached hydrogen (secondary N) is 1. The lowest BCUT2D eigenvalue weighted by Crippen LogP contribution is -2.60. The maximum atomic E-state index is 13.1. The van der Waals surface area contributed by atoms with Gasteiger partial charge in [0.25, 0.3) is 0 Å². The highest BCUT2D eigenvalue weighted by molar-refractivity contribution is 5.76. The van der Waals surface area contributed by atoms with E-state index in [4.69, 9.17) is 9.47 Å². The summed E-state index contributed by atoms with van der Waals surface area (Å²) in [7, 11) is 0. The largest absolute Gasteiger partial charge is 0.394 e. The predicted molar refractivity (Wildman–Crippen MR) is 336 cm³/mol. The lowest BCUT2D eigenvalue weighted by atomic mass is 9.99. The Bertz CT molecular complexity index is 1430. The molecule has 1 heterocycles. The topological polar surface area (TPSA) is 149 Å². The summed E-state index contributed by atoms with van der Waals surface area (Å²) in [6.45, 7) is 3.79. The number of carbonyl (C=O) groups is 1. The number of rotatable bonds is 59. The average Bonchev–Trinajstić information content (AvgIpc) is 3.47. The molecule has 0 bridgehead atoms. The first-order valence-corrected chi connectivity index (χ1v) is 34.0. The van der Waals surface area contributed by atoms with E-state index >= 15 is 0 Å². The summed E-state index contributed by atoms with van der Waals surface area (Å²) in [4.78, 5) is 13.1. The van der Waals surface area contributed by atoms with Crippen LogP contribution in [0.25, 0.3) is 0 Å². The van der Waals surface area contributed by atoms with Gasteiger partial charge in [-0.05, 0) is 70.6 Å². The molecule has 0 aromatic heterocycles. The van der Waals surface area contributed by atoms with Crippen LogP contribution in [0.2, 0.25) is 0 Å². The molecule has 0 aromatic rings. The van der Waals surface area contributed by atoms with Crippen LogP contribution in [0.1, 0.15) is 322 Å². The van der Waals surface area contributed by atoms with Crippen LogP contribution < -0.4 is 5.32 Å². The van der Waals surface area contributed by atoms with Crippen molar-refractivity contribution >= 4 is 5.91 Å². The number of amides is 1. The van der Waals surface area contributed by atoms with Gasteiger partial charge in [-0.25, -0.2) is 0 Å². The third-order valence-electron chi connectivity index (χ3n) is 16.1. The number of allylic oxidation sites excluding steroid dienone is 9. The van der Waals surface area contributed by atoms with Gasteiger partial charge in [-0.3, -0.25) is 4.79 Å². The lowest BCUT2D eigenvalue weighted by molar-refractivity contribution is -0.302. The molecule has 79 heavy (non-hydrogen) atoms. The van der Waals surface area contributed by atoms with Crippen molar-refractivity contribution < 1.29 is 39.8 Å². The summed E-state index contributed by atoms with van der Waals surface area (Å²) >= 11 is 0. The van der Waals surface area contributed by atoms with E-state index in [2.05, 4.69) is 67.8 Å². The molecule has 0 saturated carbocycles. The fraction of sp³-hybridized carbons (Fsp3) is 0.843. The first kappa shape index (κ1) is 74.9. The number of carbonyl (C=O) groups excluding carboxylic acids is 1. The maximum Gasteiger partial charge on any atom is 0.220 e. The SMILES string of the molecule is CCCCCCC/C=C\C/C=C\C/C=C\CCCCCCCCCCCCCCCCCCC(=O)NC(COC1OC(CO)C(O)C(O)C1O)C(O)/C=C/CC/C=C/CCCCCCCCCCCCCCCCCCCCC. The zero-order valence-electron chi connectivity index (χ0n) is 51.6. The van der Waals surface area contributed by atoms with Gasteiger partial charge in [0.15, 0.2) is 6.29 Å². The first-order valence-electron chi connectivity index (χ1n) is 34.0. The van der Waals surface area contributed by atoms with Crippen LogP contribution in [0.5, 0.6) is 0 Å². The van der Waals surface area contributed by atoms with Crippen LogP contribution in [0.4, 0.5) is 0 Å². The van der Waals surface area contributed by atoms with Crippen LogP contribution in [0, 0.1) is 0 Å². The third-order valence-corrected chi connectivity index (χ3v) is 16.1. The molecule has 9 nitrogen and oxygen atoms in total. The minimum atomic E-state index is -1.57. The Balaban J connectivity index is 2.16. The molecule has 0 radical (unpaired) electrons. The quantitative estimate of drug-likeness (QED) is 0.0261. The third kappa shape index (κ3) is 48.0. The number of aliphatic hydroxyl groups is 5. The standard InChI is InChI=1S/C70H129NO8/c1-3-5-7-9-11-13-15-17-19-21-23-25-27-29-30-31-32-33-34-36-38-40-42-44-46-48-50-52-54-56-58-60-66(74)71-63(62-78-70-69(77)68(76)67(75)65(61-72)79-70)64(73)59-57-55-53-51-49-47-45-43-41-39-37-35-28-26-24-22-20-18-16-14-12-10-8-6-4-2/h15,17,21,23,27,29,49,51,57,59,63-65,67-70,72-73,75-77H,3-14,16,18-20,22,24-26,28,30-48,50,52-56,58,60-62H2,1-2H3,(H,71,74)/b17-15-,23-21-,29-27-,51-49+,59-57+. The molecule has 1 fully saturated rings. The van der Waals surface area contributed by atoms with E-state index in [0.717, 1.165) is 51.4 Å². The lowest BCUT2D eigenvalue weighted by Gasteiger charge is -2.40. The monoisotopic (exact) mass is 1110 g/mol. The molecule has 6 N–H and O–H groups in total. The summed E-state index contributed by atoms with van der Waals surface area (Å²) in [5.41, 5.74) is 0. The Morgan fingerprint density at radius 3 is 1.15 bits per heavy atom. The predicted octanol–water partition coefficient (Wildman–Crippen LogP) is 18.2. The molecular formula is C70H129NO8. The number of unbranched alkanes of at least 4 members (excludes halogenated alkanes) is 41. The number of ether oxygens (including phenoxy) is 2. The Morgan fingerprint density at radius 1 is 0.430 bits per heavy atom. The van der Waals surface area contributed by atoms with Crippen molar-refractivity contribution in [1.29, 1.82) is 0 Å². The van der Waals surface area contributed by atoms with Crippen LogP contribution in [-0.4, -0.2) is 87.5 Å². The van der Waals surface area contributed by atoms with Crippen LogP contribution >= 0.6 is 0 Å². The van der Waals surface area contributed by atoms with Crippen LogP contribution in [0.3, 0.4) is 0 Å². The van der Waals surface area contributed by atoms with E-state index in [9.17, 15) is 30.3 Å². The molecule has 1 amide bonds. The van der Waals surface area contributed by atoms with E-state index in [1.807, 2.05) is 6.08 Å². The second-order valence-corrected chi connectivity index (χ2v) is 23.6. The molecule has 0 aromatic carbocycles. The van der Waals surface area contributed by atoms with Crippen LogP contribution in [0.15, 0.2) is 60.8 Å². The Morgan fingerprint density at radius 2 is 0.759 bits per heavy atom. The summed E-state index contributed by atoms with van der Waals surface area (Å²) < 4.78 is 11.3. The van der Waals surface area contributed by atoms with Crippen molar-refractivity contribution in [3.05, 3.63) is 60.8 Å². The van der Waals surface area contributed by atoms with Gasteiger partial charge in [0.2, 0.25) is 5.91 Å². The molecule has 1 rings (SSSR count). The van der Waals surface area contributed by atoms with E-state index in [1.165, 1.54) is 250 Å². The van der Waals surface area contributed by atoms with Gasteiger partial charge in [0.1, 0.15) is 24.4 Å². The second-order valence-electron chi connectivity index (χ2n) is 23.6. The Kier molecular flexibility index (Phi) is 56.0. The van der Waals surface area contributed by atoms with E-state index < -0.39 is 49.5 Å². The Labute approximate surface area is 487 Å². The molecule has 7 atom stereocenters. The number of aliphatic hydroxyl groups excluding tert-OH is 5. The number of hydrogen-bond acceptors (Lipinski definition) is 8. The van der Waals surface area contributed by atoms with Crippen molar-refractivity contribution in [3.63, 3.8) is 0 Å². The zero-order valence-corrected chi connectivity index (χ0v) is 51.6. The van der Waals surface area contributed by atoms with Crippen LogP contribution in [-0.2, 0) is 14.3 Å². The molecule has 7 unspecified atom stereocenters. The summed E-state index contributed by atoms with van der Waals surface area (Å²) in [6.07, 6.45) is 74.6. The summed E-state index contributed by atoms with van der Waals surface area (Å²) in [5, 5.41) is 54.7. The fourth-order valence-corrected chi connectivity index (χ4v) is 10.7. The minimum Gasteiger partial charge on any atom is -0.394 e. The summed E-state index contributed by atoms with van der Waals surface area (Å²) in [5.74, 6) is -0.183. The maximum absolute atomic E-state index is 13.1. The van der Waals surface area contributed by atoms with E-state index in [1.54, 1.807) is 6.08 Å². The molecule has 9 heteroatoms. The van der Waals surface area contributed by atoms with Gasteiger partial charge < -0.3 is 40.3 Å². The second kappa shape index (κ2) is 59.1. The zero-order chi connectivity index (χ0) is 57.2. The van der Waals surface area contributed by atoms with E-state index in [0.29, 0.717) is 6.42 Å². The number of hydrogen-bond donors (Lipinski definition) is 6. The van der Waals surface area contributed by atoms with E-state index in [-0.39, 0.29) is 12.5 Å². The van der Waals surface area contributed by atoms with Crippen molar-refractivity contribution in [1.82, 2.24) is 5.32 Å². The average molecular weight is 1110 g/mol. The van der Waals surface area contributed by atoms with Gasteiger partial charge in [-0.1, -0.05) is 306 Å². The minimum absolute atomic E-state index is 0.183. The van der Waals surface area contributed by atoms with Gasteiger partial charge in [-0.2, -0.15) is 0 Å². The van der Waals surface area contributed by atoms with Gasteiger partial charge in [0, 0.05) is 6.42 Å². The molecule has 1 aliphatic rings. The smallest absolute Gasteiger partial charge is 0.220 e. The van der Waals surface area contributed by atoms with Crippen molar-refractivity contribution in [3.8, 4) is 0 Å². The van der Waals surface area contributed by atoms with Gasteiger partial charge in [-0.15, -0.1) is 0 Å². The normalized spacial score (nSPS) is 18.9. The van der Waals surface area contributed by atoms with Crippen molar-refractivity contribution in [2.75, 3.05) is 13.2 Å². The summed E-state index contributed by atoms with van der Waals surface area (Å²) in [6, 6.07) is -0.825. The molecule has 1 aliphatic heterocycles. The molecule has 462 valence electrons. The highest BCUT2D eigenvalue weighted by Crippen LogP contribution is 2.23. The molecule has 0 aliphatic carbocycles. The fourth-order valence-electron chi connectivity index (χ4n) is 10.7. The molecule has 1 saturated heterocycles. The highest BCUT2D eigenvalue weighted by atomic mass is 16.7. The molecule has 0 spiro atoms. The Hall–Kier alpha value is -2.11. The first-order chi connectivity index (χ1) is 38.8. The highest BCUT2D eigenvalue weighted by Gasteiger charge is 2.44. The van der Waals surface area contributed by atoms with Crippen molar-refractivity contribution in [2.45, 2.75) is 365 Å². The molecular weight excluding hydrogens is 983 g/mol. The van der Waals surface area contributed by atoms with Crippen molar-refractivity contribution in [2.24, 2.45) is 0 Å². The van der Waals surface area contributed by atoms with Gasteiger partial charge >= 0.3 is 0 Å². The van der Waals surface area contributed by atoms with Gasteiger partial charge in [0.05, 0.1) is 25.4 Å².